The highest BCUT2D eigenvalue weighted by atomic mass is 32.2. The number of aromatic nitrogens is 1. The second-order valence-corrected chi connectivity index (χ2v) is 4.89. The minimum Gasteiger partial charge on any atom is -0.478 e. The number of aromatic carboxylic acids is 1. The van der Waals surface area contributed by atoms with Gasteiger partial charge in [-0.1, -0.05) is 6.07 Å². The Morgan fingerprint density at radius 1 is 1.40 bits per heavy atom. The zero-order valence-corrected chi connectivity index (χ0v) is 11.0. The second-order valence-electron chi connectivity index (χ2n) is 3.90. The average Bonchev–Trinajstić information content (AvgIpc) is 2.46. The monoisotopic (exact) mass is 288 g/mol. The molecule has 0 spiro atoms. The molecule has 0 saturated carbocycles. The molecule has 0 saturated heterocycles. The molecule has 1 aromatic carbocycles. The zero-order valence-electron chi connectivity index (χ0n) is 10.2. The molecule has 0 radical (unpaired) electrons. The van der Waals surface area contributed by atoms with E-state index in [4.69, 9.17) is 10.4 Å². The molecule has 1 heterocycles. The highest BCUT2D eigenvalue weighted by Gasteiger charge is 2.06. The molecule has 4 nitrogen and oxygen atoms in total. The fraction of sp³-hybridized carbons (Fsp3) is 0.0714. The average molecular weight is 288 g/mol. The Morgan fingerprint density at radius 3 is 2.75 bits per heavy atom. The number of carboxylic acid groups (broad SMARTS) is 1. The lowest BCUT2D eigenvalue weighted by Gasteiger charge is -2.03. The summed E-state index contributed by atoms with van der Waals surface area (Å²) in [5.74, 6) is -1.11. The van der Waals surface area contributed by atoms with Crippen molar-refractivity contribution in [3.8, 4) is 6.07 Å². The van der Waals surface area contributed by atoms with Crippen LogP contribution in [0.25, 0.3) is 0 Å². The van der Waals surface area contributed by atoms with E-state index < -0.39 is 11.8 Å². The molecule has 0 aliphatic rings. The third kappa shape index (κ3) is 3.33. The van der Waals surface area contributed by atoms with E-state index in [1.54, 1.807) is 18.2 Å². The topological polar surface area (TPSA) is 74.0 Å². The van der Waals surface area contributed by atoms with Crippen LogP contribution >= 0.6 is 11.8 Å². The van der Waals surface area contributed by atoms with Crippen LogP contribution in [0.5, 0.6) is 0 Å². The molecule has 100 valence electrons. The van der Waals surface area contributed by atoms with Crippen molar-refractivity contribution in [1.29, 1.82) is 5.26 Å². The number of carboxylic acids is 1. The molecule has 0 bridgehead atoms. The van der Waals surface area contributed by atoms with Gasteiger partial charge in [0.25, 0.3) is 0 Å². The largest absolute Gasteiger partial charge is 0.478 e. The lowest BCUT2D eigenvalue weighted by Crippen LogP contribution is -1.97. The highest BCUT2D eigenvalue weighted by molar-refractivity contribution is 7.98. The number of rotatable bonds is 4. The molecule has 0 aliphatic carbocycles. The minimum absolute atomic E-state index is 0.110. The van der Waals surface area contributed by atoms with Gasteiger partial charge >= 0.3 is 5.97 Å². The van der Waals surface area contributed by atoms with E-state index in [9.17, 15) is 9.18 Å². The van der Waals surface area contributed by atoms with Crippen molar-refractivity contribution >= 4 is 17.7 Å². The van der Waals surface area contributed by atoms with Gasteiger partial charge in [-0.3, -0.25) is 0 Å². The van der Waals surface area contributed by atoms with Gasteiger partial charge in [0.2, 0.25) is 0 Å². The van der Waals surface area contributed by atoms with Crippen LogP contribution in [0.4, 0.5) is 4.39 Å². The van der Waals surface area contributed by atoms with Crippen molar-refractivity contribution in [3.63, 3.8) is 0 Å². The SMILES string of the molecule is N#Cc1ccc(CSc2ccc(C(=O)O)cn2)c(F)c1. The van der Waals surface area contributed by atoms with Gasteiger partial charge in [-0.2, -0.15) is 5.26 Å². The molecule has 1 aromatic heterocycles. The van der Waals surface area contributed by atoms with Gasteiger partial charge in [0, 0.05) is 11.9 Å². The maximum Gasteiger partial charge on any atom is 0.337 e. The fourth-order valence-corrected chi connectivity index (χ4v) is 2.31. The van der Waals surface area contributed by atoms with E-state index in [0.717, 1.165) is 0 Å². The van der Waals surface area contributed by atoms with Crippen LogP contribution in [-0.4, -0.2) is 16.1 Å². The molecule has 0 atom stereocenters. The molecule has 20 heavy (non-hydrogen) atoms. The maximum absolute atomic E-state index is 13.6. The first-order valence-corrected chi connectivity index (χ1v) is 6.59. The van der Waals surface area contributed by atoms with Gasteiger partial charge in [-0.25, -0.2) is 14.2 Å². The molecule has 2 aromatic rings. The number of carbonyl (C=O) groups is 1. The Morgan fingerprint density at radius 2 is 2.20 bits per heavy atom. The summed E-state index contributed by atoms with van der Waals surface area (Å²) >= 11 is 1.29. The van der Waals surface area contributed by atoms with Crippen LogP contribution in [0.2, 0.25) is 0 Å². The van der Waals surface area contributed by atoms with Crippen molar-refractivity contribution < 1.29 is 14.3 Å². The smallest absolute Gasteiger partial charge is 0.337 e. The van der Waals surface area contributed by atoms with Crippen molar-refractivity contribution in [3.05, 3.63) is 59.0 Å². The van der Waals surface area contributed by atoms with Crippen LogP contribution in [0, 0.1) is 17.1 Å². The summed E-state index contributed by atoms with van der Waals surface area (Å²) in [7, 11) is 0. The standard InChI is InChI=1S/C14H9FN2O2S/c15-12-5-9(6-16)1-2-11(12)8-20-13-4-3-10(7-17-13)14(18)19/h1-5,7H,8H2,(H,18,19). The zero-order chi connectivity index (χ0) is 14.5. The summed E-state index contributed by atoms with van der Waals surface area (Å²) in [5, 5.41) is 18.0. The Kier molecular flexibility index (Phi) is 4.33. The quantitative estimate of drug-likeness (QED) is 0.875. The summed E-state index contributed by atoms with van der Waals surface area (Å²) < 4.78 is 13.6. The van der Waals surface area contributed by atoms with Crippen molar-refractivity contribution in [2.75, 3.05) is 0 Å². The third-order valence-corrected chi connectivity index (χ3v) is 3.53. The first kappa shape index (κ1) is 14.0. The summed E-state index contributed by atoms with van der Waals surface area (Å²) in [4.78, 5) is 14.7. The number of hydrogen-bond donors (Lipinski definition) is 1. The number of nitrogens with zero attached hydrogens (tertiary/aromatic N) is 2. The summed E-state index contributed by atoms with van der Waals surface area (Å²) in [5.41, 5.74) is 0.859. The number of hydrogen-bond acceptors (Lipinski definition) is 4. The summed E-state index contributed by atoms with van der Waals surface area (Å²) in [6.45, 7) is 0. The number of pyridine rings is 1. The molecule has 0 aliphatic heterocycles. The first-order valence-electron chi connectivity index (χ1n) is 5.61. The van der Waals surface area contributed by atoms with E-state index in [1.165, 1.54) is 30.1 Å². The Bertz CT molecular complexity index is 681. The van der Waals surface area contributed by atoms with E-state index >= 15 is 0 Å². The van der Waals surface area contributed by atoms with Gasteiger partial charge < -0.3 is 5.11 Å². The van der Waals surface area contributed by atoms with E-state index in [2.05, 4.69) is 4.98 Å². The molecule has 0 fully saturated rings. The molecular formula is C14H9FN2O2S. The number of nitriles is 1. The number of thioether (sulfide) groups is 1. The Hall–Kier alpha value is -2.39. The van der Waals surface area contributed by atoms with Gasteiger partial charge in [0.05, 0.1) is 22.2 Å². The molecule has 1 N–H and O–H groups in total. The van der Waals surface area contributed by atoms with Crippen molar-refractivity contribution in [2.24, 2.45) is 0 Å². The predicted octanol–water partition coefficient (Wildman–Crippen LogP) is 3.08. The molecule has 0 unspecified atom stereocenters. The van der Waals surface area contributed by atoms with E-state index in [1.807, 2.05) is 6.07 Å². The lowest BCUT2D eigenvalue weighted by molar-refractivity contribution is 0.0696. The van der Waals surface area contributed by atoms with Crippen LogP contribution in [-0.2, 0) is 5.75 Å². The van der Waals surface area contributed by atoms with E-state index in [0.29, 0.717) is 16.3 Å². The lowest BCUT2D eigenvalue weighted by atomic mass is 10.1. The van der Waals surface area contributed by atoms with Gasteiger partial charge in [0.15, 0.2) is 0 Å². The minimum atomic E-state index is -1.04. The number of benzene rings is 1. The third-order valence-electron chi connectivity index (χ3n) is 2.54. The van der Waals surface area contributed by atoms with Gasteiger partial charge in [0.1, 0.15) is 5.82 Å². The summed E-state index contributed by atoms with van der Waals surface area (Å²) in [6.07, 6.45) is 1.26. The first-order chi connectivity index (χ1) is 9.60. The predicted molar refractivity (Wildman–Crippen MR) is 71.9 cm³/mol. The van der Waals surface area contributed by atoms with Crippen LogP contribution in [0.1, 0.15) is 21.5 Å². The van der Waals surface area contributed by atoms with Crippen LogP contribution < -0.4 is 0 Å². The van der Waals surface area contributed by atoms with Crippen LogP contribution in [0.15, 0.2) is 41.6 Å². The highest BCUT2D eigenvalue weighted by Crippen LogP contribution is 2.23. The maximum atomic E-state index is 13.6. The van der Waals surface area contributed by atoms with E-state index in [-0.39, 0.29) is 11.1 Å². The Balaban J connectivity index is 2.05. The second kappa shape index (κ2) is 6.17. The van der Waals surface area contributed by atoms with Crippen molar-refractivity contribution in [2.45, 2.75) is 10.8 Å². The van der Waals surface area contributed by atoms with Crippen molar-refractivity contribution in [1.82, 2.24) is 4.98 Å². The molecule has 2 rings (SSSR count). The summed E-state index contributed by atoms with van der Waals surface area (Å²) in [6, 6.07) is 9.21. The molecular weight excluding hydrogens is 279 g/mol. The normalized spacial score (nSPS) is 10.0. The molecule has 0 amide bonds. The fourth-order valence-electron chi connectivity index (χ4n) is 1.48. The Labute approximate surface area is 118 Å². The molecule has 6 heteroatoms. The van der Waals surface area contributed by atoms with Gasteiger partial charge in [-0.05, 0) is 29.8 Å². The van der Waals surface area contributed by atoms with Crippen LogP contribution in [0.3, 0.4) is 0 Å². The number of halogens is 1. The van der Waals surface area contributed by atoms with Gasteiger partial charge in [-0.15, -0.1) is 11.8 Å².